The number of thioether (sulfide) groups is 1. The summed E-state index contributed by atoms with van der Waals surface area (Å²) in [5, 5.41) is 4.80. The Morgan fingerprint density at radius 2 is 1.54 bits per heavy atom. The van der Waals surface area contributed by atoms with Crippen molar-refractivity contribution in [3.8, 4) is 0 Å². The highest BCUT2D eigenvalue weighted by Gasteiger charge is 2.20. The average molecular weight is 402 g/mol. The van der Waals surface area contributed by atoms with Gasteiger partial charge < -0.3 is 20.1 Å². The molecule has 0 unspecified atom stereocenters. The molecule has 0 aromatic heterocycles. The molecule has 0 aliphatic carbocycles. The normalized spacial score (nSPS) is 9.96. The molecule has 28 heavy (non-hydrogen) atoms. The van der Waals surface area contributed by atoms with Gasteiger partial charge in [0.15, 0.2) is 0 Å². The van der Waals surface area contributed by atoms with Crippen molar-refractivity contribution in [2.75, 3.05) is 31.1 Å². The second-order valence-corrected chi connectivity index (χ2v) is 6.26. The number of benzene rings is 2. The van der Waals surface area contributed by atoms with Crippen molar-refractivity contribution in [3.63, 3.8) is 0 Å². The van der Waals surface area contributed by atoms with Crippen molar-refractivity contribution >= 4 is 46.9 Å². The minimum absolute atomic E-state index is 0.0133. The van der Waals surface area contributed by atoms with Crippen LogP contribution in [0, 0.1) is 0 Å². The summed E-state index contributed by atoms with van der Waals surface area (Å²) in [6, 6.07) is 10.8. The Balaban J connectivity index is 2.23. The van der Waals surface area contributed by atoms with Crippen LogP contribution in [0.3, 0.4) is 0 Å². The Labute approximate surface area is 165 Å². The highest BCUT2D eigenvalue weighted by Crippen LogP contribution is 2.21. The number of esters is 2. The van der Waals surface area contributed by atoms with Crippen LogP contribution in [-0.2, 0) is 19.1 Å². The maximum Gasteiger partial charge on any atom is 0.339 e. The summed E-state index contributed by atoms with van der Waals surface area (Å²) < 4.78 is 9.28. The molecule has 2 amide bonds. The first-order chi connectivity index (χ1) is 13.4. The summed E-state index contributed by atoms with van der Waals surface area (Å²) in [6.45, 7) is 0. The van der Waals surface area contributed by atoms with Gasteiger partial charge in [0.05, 0.1) is 31.0 Å². The van der Waals surface area contributed by atoms with Gasteiger partial charge in [-0.25, -0.2) is 9.59 Å². The van der Waals surface area contributed by atoms with Gasteiger partial charge in [0, 0.05) is 10.6 Å². The van der Waals surface area contributed by atoms with E-state index in [-0.39, 0.29) is 16.8 Å². The molecule has 8 nitrogen and oxygen atoms in total. The quantitative estimate of drug-likeness (QED) is 0.449. The van der Waals surface area contributed by atoms with E-state index in [1.165, 1.54) is 44.2 Å². The fourth-order valence-corrected chi connectivity index (χ4v) is 2.71. The van der Waals surface area contributed by atoms with E-state index in [1.54, 1.807) is 18.2 Å². The first-order valence-electron chi connectivity index (χ1n) is 7.96. The van der Waals surface area contributed by atoms with Gasteiger partial charge in [-0.3, -0.25) is 9.59 Å². The number of amides is 2. The Hall–Kier alpha value is -3.33. The highest BCUT2D eigenvalue weighted by molar-refractivity contribution is 7.98. The highest BCUT2D eigenvalue weighted by atomic mass is 32.2. The third kappa shape index (κ3) is 5.10. The molecule has 0 fully saturated rings. The van der Waals surface area contributed by atoms with E-state index in [0.717, 1.165) is 4.90 Å². The van der Waals surface area contributed by atoms with Crippen LogP contribution in [0.4, 0.5) is 11.4 Å². The number of nitrogens with one attached hydrogen (secondary N) is 2. The van der Waals surface area contributed by atoms with Gasteiger partial charge in [-0.2, -0.15) is 0 Å². The number of rotatable bonds is 5. The predicted octanol–water partition coefficient (Wildman–Crippen LogP) is 2.56. The zero-order valence-electron chi connectivity index (χ0n) is 15.4. The van der Waals surface area contributed by atoms with Crippen LogP contribution < -0.4 is 10.6 Å². The molecule has 0 heterocycles. The molecule has 2 aromatic rings. The molecule has 0 radical (unpaired) electrons. The lowest BCUT2D eigenvalue weighted by atomic mass is 10.1. The Morgan fingerprint density at radius 3 is 2.18 bits per heavy atom. The monoisotopic (exact) mass is 402 g/mol. The van der Waals surface area contributed by atoms with Crippen molar-refractivity contribution in [2.24, 2.45) is 0 Å². The first-order valence-corrected chi connectivity index (χ1v) is 9.19. The standard InChI is InChI=1S/C19H18N2O6S/c1-26-18(24)11-7-8-14(19(25)27-2)15(9-11)21-17(23)16(22)20-12-5-4-6-13(10-12)28-3/h4-10H,1-3H3,(H,20,22)(H,21,23). The van der Waals surface area contributed by atoms with Crippen LogP contribution in [0.1, 0.15) is 20.7 Å². The fraction of sp³-hybridized carbons (Fsp3) is 0.158. The zero-order chi connectivity index (χ0) is 20.7. The molecule has 2 rings (SSSR count). The van der Waals surface area contributed by atoms with Gasteiger partial charge in [-0.15, -0.1) is 11.8 Å². The minimum Gasteiger partial charge on any atom is -0.465 e. The fourth-order valence-electron chi connectivity index (χ4n) is 2.25. The zero-order valence-corrected chi connectivity index (χ0v) is 16.2. The van der Waals surface area contributed by atoms with Gasteiger partial charge >= 0.3 is 23.8 Å². The van der Waals surface area contributed by atoms with Crippen molar-refractivity contribution in [3.05, 3.63) is 53.6 Å². The number of ether oxygens (including phenoxy) is 2. The Morgan fingerprint density at radius 1 is 0.857 bits per heavy atom. The number of carbonyl (C=O) groups is 4. The molecule has 0 saturated carbocycles. The van der Waals surface area contributed by atoms with E-state index in [1.807, 2.05) is 12.3 Å². The maximum absolute atomic E-state index is 12.3. The Bertz CT molecular complexity index is 928. The number of methoxy groups -OCH3 is 2. The van der Waals surface area contributed by atoms with Crippen LogP contribution in [0.5, 0.6) is 0 Å². The lowest BCUT2D eigenvalue weighted by Crippen LogP contribution is -2.30. The predicted molar refractivity (Wildman–Crippen MR) is 105 cm³/mol. The molecule has 2 aromatic carbocycles. The summed E-state index contributed by atoms with van der Waals surface area (Å²) in [4.78, 5) is 49.0. The molecular formula is C19H18N2O6S. The largest absolute Gasteiger partial charge is 0.465 e. The molecule has 146 valence electrons. The summed E-state index contributed by atoms with van der Waals surface area (Å²) in [5.74, 6) is -3.34. The third-order valence-electron chi connectivity index (χ3n) is 3.63. The van der Waals surface area contributed by atoms with Crippen LogP contribution in [-0.4, -0.2) is 44.2 Å². The second kappa shape index (κ2) is 9.56. The lowest BCUT2D eigenvalue weighted by Gasteiger charge is -2.11. The maximum atomic E-state index is 12.3. The molecule has 0 atom stereocenters. The van der Waals surface area contributed by atoms with E-state index in [0.29, 0.717) is 5.69 Å². The van der Waals surface area contributed by atoms with Crippen LogP contribution in [0.15, 0.2) is 47.4 Å². The van der Waals surface area contributed by atoms with E-state index >= 15 is 0 Å². The van der Waals surface area contributed by atoms with Crippen molar-refractivity contribution in [2.45, 2.75) is 4.90 Å². The minimum atomic E-state index is -1.01. The molecule has 0 aliphatic heterocycles. The van der Waals surface area contributed by atoms with E-state index in [2.05, 4.69) is 20.1 Å². The summed E-state index contributed by atoms with van der Waals surface area (Å²) in [7, 11) is 2.37. The van der Waals surface area contributed by atoms with Gasteiger partial charge in [0.25, 0.3) is 0 Å². The smallest absolute Gasteiger partial charge is 0.339 e. The molecule has 9 heteroatoms. The molecule has 0 bridgehead atoms. The number of hydrogen-bond acceptors (Lipinski definition) is 7. The number of carbonyl (C=O) groups excluding carboxylic acids is 4. The summed E-state index contributed by atoms with van der Waals surface area (Å²) >= 11 is 1.49. The second-order valence-electron chi connectivity index (χ2n) is 5.38. The van der Waals surface area contributed by atoms with Crippen molar-refractivity contribution in [1.29, 1.82) is 0 Å². The van der Waals surface area contributed by atoms with Crippen LogP contribution in [0.25, 0.3) is 0 Å². The lowest BCUT2D eigenvalue weighted by molar-refractivity contribution is -0.133. The van der Waals surface area contributed by atoms with Gasteiger partial charge in [-0.1, -0.05) is 6.07 Å². The molecule has 0 saturated heterocycles. The van der Waals surface area contributed by atoms with Gasteiger partial charge in [0.1, 0.15) is 0 Å². The van der Waals surface area contributed by atoms with Gasteiger partial charge in [-0.05, 0) is 42.7 Å². The first kappa shape index (κ1) is 21.0. The average Bonchev–Trinajstić information content (AvgIpc) is 2.72. The topological polar surface area (TPSA) is 111 Å². The number of hydrogen-bond donors (Lipinski definition) is 2. The van der Waals surface area contributed by atoms with Crippen LogP contribution >= 0.6 is 11.8 Å². The van der Waals surface area contributed by atoms with E-state index < -0.39 is 23.8 Å². The molecule has 0 aliphatic rings. The molecule has 2 N–H and O–H groups in total. The van der Waals surface area contributed by atoms with Crippen LogP contribution in [0.2, 0.25) is 0 Å². The number of anilines is 2. The SMILES string of the molecule is COC(=O)c1ccc(C(=O)OC)c(NC(=O)C(=O)Nc2cccc(SC)c2)c1. The van der Waals surface area contributed by atoms with Crippen molar-refractivity contribution < 1.29 is 28.7 Å². The summed E-state index contributed by atoms with van der Waals surface area (Å²) in [5.41, 5.74) is 0.482. The molecular weight excluding hydrogens is 384 g/mol. The molecule has 0 spiro atoms. The van der Waals surface area contributed by atoms with E-state index in [9.17, 15) is 19.2 Å². The van der Waals surface area contributed by atoms with E-state index in [4.69, 9.17) is 0 Å². The Kier molecular flexibility index (Phi) is 7.16. The third-order valence-corrected chi connectivity index (χ3v) is 4.35. The van der Waals surface area contributed by atoms with Gasteiger partial charge in [0.2, 0.25) is 0 Å². The van der Waals surface area contributed by atoms with Crippen molar-refractivity contribution in [1.82, 2.24) is 0 Å². The summed E-state index contributed by atoms with van der Waals surface area (Å²) in [6.07, 6.45) is 1.89.